The average molecular weight is 301 g/mol. The van der Waals surface area contributed by atoms with E-state index in [9.17, 15) is 4.79 Å². The molecule has 1 aliphatic carbocycles. The zero-order valence-electron chi connectivity index (χ0n) is 7.79. The van der Waals surface area contributed by atoms with Crippen LogP contribution in [0.15, 0.2) is 24.3 Å². The molecule has 1 aromatic rings. The second-order valence-corrected chi connectivity index (χ2v) is 4.76. The monoisotopic (exact) mass is 301 g/mol. The minimum absolute atomic E-state index is 0.181. The Balaban J connectivity index is 2.03. The van der Waals surface area contributed by atoms with Crippen LogP contribution in [0.3, 0.4) is 0 Å². The number of rotatable bonds is 2. The van der Waals surface area contributed by atoms with Gasteiger partial charge in [-0.3, -0.25) is 4.79 Å². The van der Waals surface area contributed by atoms with Crippen molar-refractivity contribution in [3.05, 3.63) is 27.8 Å². The molecule has 1 amide bonds. The third-order valence-electron chi connectivity index (χ3n) is 2.61. The van der Waals surface area contributed by atoms with Gasteiger partial charge >= 0.3 is 0 Å². The van der Waals surface area contributed by atoms with E-state index in [-0.39, 0.29) is 11.8 Å². The van der Waals surface area contributed by atoms with Gasteiger partial charge in [0.2, 0.25) is 5.91 Å². The molecule has 14 heavy (non-hydrogen) atoms. The number of carbonyl (C=O) groups is 1. The van der Waals surface area contributed by atoms with Crippen LogP contribution in [0.1, 0.15) is 19.3 Å². The summed E-state index contributed by atoms with van der Waals surface area (Å²) in [5.41, 5.74) is 0.935. The average Bonchev–Trinajstić information content (AvgIpc) is 2.05. The number of hydrogen-bond donors (Lipinski definition) is 1. The standard InChI is InChI=1S/C11H12INO/c12-9-6-1-2-7-10(9)13-11(14)8-4-3-5-8/h1-2,6-8H,3-5H2,(H,13,14). The molecule has 2 rings (SSSR count). The van der Waals surface area contributed by atoms with Gasteiger partial charge < -0.3 is 5.32 Å². The van der Waals surface area contributed by atoms with Crippen molar-refractivity contribution in [2.24, 2.45) is 5.92 Å². The summed E-state index contributed by atoms with van der Waals surface area (Å²) < 4.78 is 1.10. The summed E-state index contributed by atoms with van der Waals surface area (Å²) >= 11 is 2.23. The predicted octanol–water partition coefficient (Wildman–Crippen LogP) is 3.03. The highest BCUT2D eigenvalue weighted by Crippen LogP contribution is 2.28. The molecule has 0 atom stereocenters. The summed E-state index contributed by atoms with van der Waals surface area (Å²) in [6.45, 7) is 0. The van der Waals surface area contributed by atoms with Gasteiger partial charge in [0.25, 0.3) is 0 Å². The van der Waals surface area contributed by atoms with Crippen molar-refractivity contribution >= 4 is 34.2 Å². The first kappa shape index (κ1) is 9.96. The lowest BCUT2D eigenvalue weighted by atomic mass is 9.85. The van der Waals surface area contributed by atoms with Crippen LogP contribution in [0, 0.1) is 9.49 Å². The van der Waals surface area contributed by atoms with Gasteiger partial charge in [-0.1, -0.05) is 18.6 Å². The van der Waals surface area contributed by atoms with Gasteiger partial charge in [0.1, 0.15) is 0 Å². The highest BCUT2D eigenvalue weighted by atomic mass is 127. The lowest BCUT2D eigenvalue weighted by molar-refractivity contribution is -0.122. The van der Waals surface area contributed by atoms with Crippen LogP contribution in [-0.4, -0.2) is 5.91 Å². The van der Waals surface area contributed by atoms with Gasteiger partial charge in [0.05, 0.1) is 5.69 Å². The summed E-state index contributed by atoms with van der Waals surface area (Å²) in [5.74, 6) is 0.436. The van der Waals surface area contributed by atoms with Crippen LogP contribution < -0.4 is 5.32 Å². The van der Waals surface area contributed by atoms with E-state index >= 15 is 0 Å². The predicted molar refractivity (Wildman–Crippen MR) is 65.1 cm³/mol. The van der Waals surface area contributed by atoms with E-state index in [2.05, 4.69) is 27.9 Å². The number of nitrogens with one attached hydrogen (secondary N) is 1. The highest BCUT2D eigenvalue weighted by Gasteiger charge is 2.25. The molecule has 0 radical (unpaired) electrons. The maximum atomic E-state index is 11.6. The zero-order valence-corrected chi connectivity index (χ0v) is 9.95. The Morgan fingerprint density at radius 3 is 2.64 bits per heavy atom. The second kappa shape index (κ2) is 4.29. The van der Waals surface area contributed by atoms with Gasteiger partial charge in [-0.05, 0) is 47.6 Å². The van der Waals surface area contributed by atoms with Gasteiger partial charge in [-0.2, -0.15) is 0 Å². The lowest BCUT2D eigenvalue weighted by Gasteiger charge is -2.24. The number of carbonyl (C=O) groups excluding carboxylic acids is 1. The first-order valence-corrected chi connectivity index (χ1v) is 5.90. The third kappa shape index (κ3) is 2.08. The van der Waals surface area contributed by atoms with E-state index < -0.39 is 0 Å². The summed E-state index contributed by atoms with van der Waals surface area (Å²) in [6, 6.07) is 7.86. The molecule has 2 nitrogen and oxygen atoms in total. The number of para-hydroxylation sites is 1. The molecule has 0 spiro atoms. The Labute approximate surface area is 97.2 Å². The molecule has 0 aliphatic heterocycles. The van der Waals surface area contributed by atoms with E-state index in [1.807, 2.05) is 24.3 Å². The van der Waals surface area contributed by atoms with Crippen LogP contribution in [0.4, 0.5) is 5.69 Å². The third-order valence-corrected chi connectivity index (χ3v) is 3.55. The normalized spacial score (nSPS) is 16.1. The molecular formula is C11H12INO. The second-order valence-electron chi connectivity index (χ2n) is 3.60. The topological polar surface area (TPSA) is 29.1 Å². The van der Waals surface area contributed by atoms with Gasteiger partial charge in [-0.25, -0.2) is 0 Å². The molecule has 74 valence electrons. The maximum Gasteiger partial charge on any atom is 0.227 e. The number of hydrogen-bond acceptors (Lipinski definition) is 1. The largest absolute Gasteiger partial charge is 0.325 e. The van der Waals surface area contributed by atoms with Crippen LogP contribution in [0.5, 0.6) is 0 Å². The number of anilines is 1. The van der Waals surface area contributed by atoms with Crippen molar-refractivity contribution in [1.82, 2.24) is 0 Å². The quantitative estimate of drug-likeness (QED) is 0.836. The van der Waals surface area contributed by atoms with Crippen molar-refractivity contribution < 1.29 is 4.79 Å². The van der Waals surface area contributed by atoms with E-state index in [0.29, 0.717) is 0 Å². The van der Waals surface area contributed by atoms with Crippen molar-refractivity contribution in [1.29, 1.82) is 0 Å². The van der Waals surface area contributed by atoms with Crippen LogP contribution in [0.25, 0.3) is 0 Å². The molecule has 3 heteroatoms. The van der Waals surface area contributed by atoms with E-state index in [1.54, 1.807) is 0 Å². The number of amides is 1. The molecule has 1 aliphatic rings. The number of benzene rings is 1. The number of halogens is 1. The Bertz CT molecular complexity index is 347. The first-order valence-electron chi connectivity index (χ1n) is 4.83. The van der Waals surface area contributed by atoms with Crippen LogP contribution in [-0.2, 0) is 4.79 Å². The molecule has 1 N–H and O–H groups in total. The molecule has 1 fully saturated rings. The Morgan fingerprint density at radius 1 is 1.36 bits per heavy atom. The van der Waals surface area contributed by atoms with E-state index in [4.69, 9.17) is 0 Å². The molecule has 1 saturated carbocycles. The fourth-order valence-electron chi connectivity index (χ4n) is 1.47. The van der Waals surface area contributed by atoms with Gasteiger partial charge in [0.15, 0.2) is 0 Å². The van der Waals surface area contributed by atoms with Crippen molar-refractivity contribution in [2.75, 3.05) is 5.32 Å². The van der Waals surface area contributed by atoms with E-state index in [0.717, 1.165) is 22.1 Å². The van der Waals surface area contributed by atoms with Gasteiger partial charge in [-0.15, -0.1) is 0 Å². The van der Waals surface area contributed by atoms with E-state index in [1.165, 1.54) is 6.42 Å². The van der Waals surface area contributed by atoms with Crippen LogP contribution in [0.2, 0.25) is 0 Å². The Hall–Kier alpha value is -0.580. The summed E-state index contributed by atoms with van der Waals surface area (Å²) in [5, 5.41) is 2.97. The minimum Gasteiger partial charge on any atom is -0.325 e. The molecule has 0 bridgehead atoms. The fourth-order valence-corrected chi connectivity index (χ4v) is 1.99. The van der Waals surface area contributed by atoms with Crippen LogP contribution >= 0.6 is 22.6 Å². The molecule has 0 heterocycles. The molecule has 0 saturated heterocycles. The van der Waals surface area contributed by atoms with Crippen molar-refractivity contribution in [2.45, 2.75) is 19.3 Å². The maximum absolute atomic E-state index is 11.6. The fraction of sp³-hybridized carbons (Fsp3) is 0.364. The van der Waals surface area contributed by atoms with Crippen molar-refractivity contribution in [3.63, 3.8) is 0 Å². The first-order chi connectivity index (χ1) is 6.77. The molecule has 1 aromatic carbocycles. The Kier molecular flexibility index (Phi) is 3.05. The van der Waals surface area contributed by atoms with Gasteiger partial charge in [0, 0.05) is 9.49 Å². The Morgan fingerprint density at radius 2 is 2.07 bits per heavy atom. The smallest absolute Gasteiger partial charge is 0.227 e. The zero-order chi connectivity index (χ0) is 9.97. The minimum atomic E-state index is 0.181. The lowest BCUT2D eigenvalue weighted by Crippen LogP contribution is -2.28. The SMILES string of the molecule is O=C(Nc1ccccc1I)C1CCC1. The molecule has 0 aromatic heterocycles. The highest BCUT2D eigenvalue weighted by molar-refractivity contribution is 14.1. The summed E-state index contributed by atoms with van der Waals surface area (Å²) in [7, 11) is 0. The summed E-state index contributed by atoms with van der Waals surface area (Å²) in [4.78, 5) is 11.6. The summed E-state index contributed by atoms with van der Waals surface area (Å²) in [6.07, 6.45) is 3.30. The molecule has 0 unspecified atom stereocenters. The molecular weight excluding hydrogens is 289 g/mol. The van der Waals surface area contributed by atoms with Crippen molar-refractivity contribution in [3.8, 4) is 0 Å².